The highest BCUT2D eigenvalue weighted by molar-refractivity contribution is 7.91. The van der Waals surface area contributed by atoms with Crippen LogP contribution in [0.4, 0.5) is 0 Å². The van der Waals surface area contributed by atoms with Crippen molar-refractivity contribution < 1.29 is 13.5 Å². The number of hydrogen-bond donors (Lipinski definition) is 1. The van der Waals surface area contributed by atoms with Gasteiger partial charge in [-0.3, -0.25) is 0 Å². The van der Waals surface area contributed by atoms with E-state index in [2.05, 4.69) is 6.58 Å². The molecule has 0 aromatic heterocycles. The van der Waals surface area contributed by atoms with Gasteiger partial charge in [0.05, 0.1) is 4.90 Å². The fourth-order valence-electron chi connectivity index (χ4n) is 1.22. The number of sulfone groups is 1. The maximum absolute atomic E-state index is 11.8. The summed E-state index contributed by atoms with van der Waals surface area (Å²) in [5.41, 5.74) is -0.557. The van der Waals surface area contributed by atoms with Crippen molar-refractivity contribution in [3.05, 3.63) is 42.5 Å². The molecule has 0 spiro atoms. The van der Waals surface area contributed by atoms with Crippen molar-refractivity contribution in [1.29, 1.82) is 0 Å². The summed E-state index contributed by atoms with van der Waals surface area (Å²) in [6.45, 7) is 5.21. The van der Waals surface area contributed by atoms with Crippen LogP contribution in [-0.4, -0.2) is 19.0 Å². The molecule has 1 atom stereocenters. The molecular formula is C11H14O3S. The fourth-order valence-corrected chi connectivity index (χ4v) is 2.54. The first kappa shape index (κ1) is 11.9. The Hall–Kier alpha value is -1.13. The summed E-state index contributed by atoms with van der Waals surface area (Å²) in [6, 6.07) is 6.48. The topological polar surface area (TPSA) is 54.4 Å². The molecule has 0 aliphatic heterocycles. The standard InChI is InChI=1S/C11H14O3S/c1-3-5-11(12)15(13,14)10-7-4-6-9(2)8-10/h3-4,6-8,11-12H,1,5H2,2H3. The Morgan fingerprint density at radius 2 is 2.20 bits per heavy atom. The van der Waals surface area contributed by atoms with Gasteiger partial charge in [0.15, 0.2) is 5.44 Å². The summed E-state index contributed by atoms with van der Waals surface area (Å²) >= 11 is 0. The Balaban J connectivity index is 3.11. The second kappa shape index (κ2) is 4.59. The lowest BCUT2D eigenvalue weighted by Crippen LogP contribution is -2.20. The van der Waals surface area contributed by atoms with E-state index in [1.807, 2.05) is 0 Å². The third-order valence-corrected chi connectivity index (χ3v) is 3.86. The van der Waals surface area contributed by atoms with Gasteiger partial charge >= 0.3 is 0 Å². The zero-order valence-electron chi connectivity index (χ0n) is 8.55. The average Bonchev–Trinajstić information content (AvgIpc) is 2.18. The van der Waals surface area contributed by atoms with Crippen molar-refractivity contribution >= 4 is 9.84 Å². The molecule has 0 saturated heterocycles. The Kier molecular flexibility index (Phi) is 3.66. The molecule has 1 unspecified atom stereocenters. The lowest BCUT2D eigenvalue weighted by molar-refractivity contribution is 0.252. The molecule has 82 valence electrons. The second-order valence-electron chi connectivity index (χ2n) is 3.34. The van der Waals surface area contributed by atoms with Crippen molar-refractivity contribution in [1.82, 2.24) is 0 Å². The van der Waals surface area contributed by atoms with Gasteiger partial charge in [-0.25, -0.2) is 8.42 Å². The lowest BCUT2D eigenvalue weighted by atomic mass is 10.2. The Labute approximate surface area is 90.0 Å². The quantitative estimate of drug-likeness (QED) is 0.794. The summed E-state index contributed by atoms with van der Waals surface area (Å²) in [7, 11) is -3.64. The summed E-state index contributed by atoms with van der Waals surface area (Å²) < 4.78 is 23.6. The molecule has 0 bridgehead atoms. The van der Waals surface area contributed by atoms with E-state index in [-0.39, 0.29) is 11.3 Å². The largest absolute Gasteiger partial charge is 0.376 e. The monoisotopic (exact) mass is 226 g/mol. The van der Waals surface area contributed by atoms with Gasteiger partial charge in [0.2, 0.25) is 9.84 Å². The first-order chi connectivity index (χ1) is 6.98. The van der Waals surface area contributed by atoms with Crippen LogP contribution >= 0.6 is 0 Å². The lowest BCUT2D eigenvalue weighted by Gasteiger charge is -2.10. The van der Waals surface area contributed by atoms with Crippen LogP contribution in [0.1, 0.15) is 12.0 Å². The van der Waals surface area contributed by atoms with E-state index in [4.69, 9.17) is 0 Å². The SMILES string of the molecule is C=CCC(O)S(=O)(=O)c1cccc(C)c1. The summed E-state index contributed by atoms with van der Waals surface area (Å²) in [5, 5.41) is 9.46. The average molecular weight is 226 g/mol. The molecule has 1 aromatic carbocycles. The fraction of sp³-hybridized carbons (Fsp3) is 0.273. The van der Waals surface area contributed by atoms with Gasteiger partial charge in [-0.2, -0.15) is 0 Å². The van der Waals surface area contributed by atoms with Gasteiger partial charge in [0.25, 0.3) is 0 Å². The highest BCUT2D eigenvalue weighted by Gasteiger charge is 2.23. The van der Waals surface area contributed by atoms with Gasteiger partial charge in [0.1, 0.15) is 0 Å². The number of aliphatic hydroxyl groups is 1. The summed E-state index contributed by atoms with van der Waals surface area (Å²) in [5.74, 6) is 0. The maximum atomic E-state index is 11.8. The predicted molar refractivity (Wildman–Crippen MR) is 59.2 cm³/mol. The van der Waals surface area contributed by atoms with Crippen LogP contribution in [0, 0.1) is 6.92 Å². The molecule has 0 amide bonds. The number of aryl methyl sites for hydroxylation is 1. The number of hydrogen-bond acceptors (Lipinski definition) is 3. The molecule has 15 heavy (non-hydrogen) atoms. The smallest absolute Gasteiger partial charge is 0.205 e. The van der Waals surface area contributed by atoms with Crippen LogP contribution in [-0.2, 0) is 9.84 Å². The van der Waals surface area contributed by atoms with Crippen molar-refractivity contribution in [3.63, 3.8) is 0 Å². The third-order valence-electron chi connectivity index (χ3n) is 2.04. The third kappa shape index (κ3) is 2.67. The Morgan fingerprint density at radius 3 is 2.73 bits per heavy atom. The van der Waals surface area contributed by atoms with Crippen molar-refractivity contribution in [2.24, 2.45) is 0 Å². The molecular weight excluding hydrogens is 212 g/mol. The van der Waals surface area contributed by atoms with E-state index < -0.39 is 15.3 Å². The van der Waals surface area contributed by atoms with E-state index in [9.17, 15) is 13.5 Å². The zero-order valence-corrected chi connectivity index (χ0v) is 9.37. The van der Waals surface area contributed by atoms with Gasteiger partial charge in [-0.05, 0) is 24.6 Å². The number of aliphatic hydroxyl groups excluding tert-OH is 1. The molecule has 0 aliphatic rings. The first-order valence-corrected chi connectivity index (χ1v) is 6.12. The van der Waals surface area contributed by atoms with Gasteiger partial charge in [0, 0.05) is 6.42 Å². The molecule has 1 N–H and O–H groups in total. The van der Waals surface area contributed by atoms with E-state index in [0.29, 0.717) is 0 Å². The number of rotatable bonds is 4. The minimum absolute atomic E-state index is 0.0380. The van der Waals surface area contributed by atoms with Gasteiger partial charge in [-0.15, -0.1) is 6.58 Å². The minimum Gasteiger partial charge on any atom is -0.376 e. The normalized spacial score (nSPS) is 13.5. The molecule has 0 fully saturated rings. The van der Waals surface area contributed by atoms with Gasteiger partial charge in [-0.1, -0.05) is 18.2 Å². The molecule has 4 heteroatoms. The van der Waals surface area contributed by atoms with Crippen molar-refractivity contribution in [2.75, 3.05) is 0 Å². The molecule has 0 saturated carbocycles. The zero-order chi connectivity index (χ0) is 11.5. The van der Waals surface area contributed by atoms with Crippen molar-refractivity contribution in [3.8, 4) is 0 Å². The van der Waals surface area contributed by atoms with Crippen LogP contribution in [0.2, 0.25) is 0 Å². The Bertz CT molecular complexity index is 449. The molecule has 0 radical (unpaired) electrons. The van der Waals surface area contributed by atoms with Crippen LogP contribution in [0.15, 0.2) is 41.8 Å². The highest BCUT2D eigenvalue weighted by atomic mass is 32.2. The molecule has 3 nitrogen and oxygen atoms in total. The molecule has 0 heterocycles. The molecule has 1 rings (SSSR count). The van der Waals surface area contributed by atoms with E-state index in [0.717, 1.165) is 5.56 Å². The van der Waals surface area contributed by atoms with Crippen molar-refractivity contribution in [2.45, 2.75) is 23.7 Å². The number of benzene rings is 1. The maximum Gasteiger partial charge on any atom is 0.205 e. The predicted octanol–water partition coefficient (Wildman–Crippen LogP) is 1.66. The van der Waals surface area contributed by atoms with E-state index in [1.165, 1.54) is 12.1 Å². The summed E-state index contributed by atoms with van der Waals surface area (Å²) in [6.07, 6.45) is 1.42. The van der Waals surface area contributed by atoms with Crippen LogP contribution < -0.4 is 0 Å². The minimum atomic E-state index is -3.64. The van der Waals surface area contributed by atoms with E-state index in [1.54, 1.807) is 25.1 Å². The Morgan fingerprint density at radius 1 is 1.53 bits per heavy atom. The van der Waals surface area contributed by atoms with Crippen LogP contribution in [0.3, 0.4) is 0 Å². The second-order valence-corrected chi connectivity index (χ2v) is 5.45. The van der Waals surface area contributed by atoms with Crippen LogP contribution in [0.5, 0.6) is 0 Å². The molecule has 0 aliphatic carbocycles. The van der Waals surface area contributed by atoms with Gasteiger partial charge < -0.3 is 5.11 Å². The molecule has 1 aromatic rings. The summed E-state index contributed by atoms with van der Waals surface area (Å²) in [4.78, 5) is 0.150. The van der Waals surface area contributed by atoms with E-state index >= 15 is 0 Å². The highest BCUT2D eigenvalue weighted by Crippen LogP contribution is 2.17. The van der Waals surface area contributed by atoms with Crippen LogP contribution in [0.25, 0.3) is 0 Å². The first-order valence-electron chi connectivity index (χ1n) is 4.58.